The summed E-state index contributed by atoms with van der Waals surface area (Å²) in [5, 5.41) is 87.6. The highest BCUT2D eigenvalue weighted by atomic mass is 16.7. The fourth-order valence-electron chi connectivity index (χ4n) is 12.8. The lowest BCUT2D eigenvalue weighted by atomic mass is 9.97. The van der Waals surface area contributed by atoms with Gasteiger partial charge in [-0.1, -0.05) is 341 Å². The second-order valence-electron chi connectivity index (χ2n) is 26.8. The molecule has 0 spiro atoms. The summed E-state index contributed by atoms with van der Waals surface area (Å²) in [6.45, 7) is 2.87. The first-order valence-electron chi connectivity index (χ1n) is 37.4. The van der Waals surface area contributed by atoms with E-state index in [9.17, 15) is 45.6 Å². The van der Waals surface area contributed by atoms with E-state index in [4.69, 9.17) is 18.9 Å². The molecule has 0 aromatic heterocycles. The third-order valence-electron chi connectivity index (χ3n) is 18.7. The van der Waals surface area contributed by atoms with E-state index in [1.165, 1.54) is 289 Å². The van der Waals surface area contributed by atoms with E-state index in [-0.39, 0.29) is 18.9 Å². The zero-order valence-corrected chi connectivity index (χ0v) is 56.3. The van der Waals surface area contributed by atoms with Crippen LogP contribution in [0.2, 0.25) is 0 Å². The predicted octanol–water partition coefficient (Wildman–Crippen LogP) is 15.7. The van der Waals surface area contributed by atoms with E-state index >= 15 is 0 Å². The van der Waals surface area contributed by atoms with Crippen molar-refractivity contribution in [1.82, 2.24) is 5.32 Å². The van der Waals surface area contributed by atoms with E-state index in [1.54, 1.807) is 6.08 Å². The summed E-state index contributed by atoms with van der Waals surface area (Å²) in [6, 6.07) is -0.912. The van der Waals surface area contributed by atoms with Crippen LogP contribution < -0.4 is 5.32 Å². The van der Waals surface area contributed by atoms with Crippen molar-refractivity contribution in [2.24, 2.45) is 0 Å². The Kier molecular flexibility index (Phi) is 55.1. The summed E-state index contributed by atoms with van der Waals surface area (Å²) < 4.78 is 22.9. The maximum absolute atomic E-state index is 13.4. The Morgan fingerprint density at radius 1 is 0.402 bits per heavy atom. The van der Waals surface area contributed by atoms with Crippen LogP contribution in [0.15, 0.2) is 12.2 Å². The van der Waals surface area contributed by atoms with Gasteiger partial charge in [0, 0.05) is 6.42 Å². The summed E-state index contributed by atoms with van der Waals surface area (Å²) in [6.07, 6.45) is 55.6. The van der Waals surface area contributed by atoms with Crippen molar-refractivity contribution in [1.29, 1.82) is 0 Å². The molecular formula is C73H141NO13. The van der Waals surface area contributed by atoms with Gasteiger partial charge in [-0.25, -0.2) is 0 Å². The van der Waals surface area contributed by atoms with Crippen LogP contribution in [0.25, 0.3) is 0 Å². The molecule has 2 aliphatic heterocycles. The van der Waals surface area contributed by atoms with Crippen LogP contribution in [0.5, 0.6) is 0 Å². The molecule has 0 aliphatic carbocycles. The van der Waals surface area contributed by atoms with Crippen molar-refractivity contribution in [2.45, 2.75) is 428 Å². The maximum atomic E-state index is 13.4. The van der Waals surface area contributed by atoms with Crippen LogP contribution in [0, 0.1) is 0 Å². The fourth-order valence-corrected chi connectivity index (χ4v) is 12.8. The first kappa shape index (κ1) is 81.8. The number of hydrogen-bond acceptors (Lipinski definition) is 13. The third kappa shape index (κ3) is 42.6. The van der Waals surface area contributed by atoms with Gasteiger partial charge in [-0.05, 0) is 19.3 Å². The van der Waals surface area contributed by atoms with Crippen molar-refractivity contribution < 1.29 is 64.6 Å². The first-order valence-corrected chi connectivity index (χ1v) is 37.4. The molecular weight excluding hydrogens is 1100 g/mol. The Morgan fingerprint density at radius 3 is 1.06 bits per heavy atom. The van der Waals surface area contributed by atoms with E-state index < -0.39 is 86.8 Å². The van der Waals surface area contributed by atoms with Gasteiger partial charge in [0.2, 0.25) is 5.91 Å². The number of aliphatic hydroxyl groups is 8. The number of carbonyl (C=O) groups excluding carboxylic acids is 1. The topological polar surface area (TPSA) is 228 Å². The monoisotopic (exact) mass is 1240 g/mol. The molecule has 14 nitrogen and oxygen atoms in total. The molecule has 2 saturated heterocycles. The normalized spacial score (nSPS) is 23.2. The van der Waals surface area contributed by atoms with Gasteiger partial charge >= 0.3 is 0 Å². The first-order chi connectivity index (χ1) is 42.6. The number of carbonyl (C=O) groups is 1. The molecule has 2 rings (SSSR count). The van der Waals surface area contributed by atoms with Crippen LogP contribution in [0.3, 0.4) is 0 Å². The van der Waals surface area contributed by atoms with Crippen LogP contribution >= 0.6 is 0 Å². The Balaban J connectivity index is 1.65. The standard InChI is InChI=1S/C73H141NO13/c1-3-5-7-9-11-13-15-17-19-21-23-25-27-29-30-31-33-34-36-38-40-42-44-46-48-50-52-54-56-62(77)61(60-84-72-70(83)68(81)71(64(59-76)86-72)87-73-69(82)67(80)66(79)63(58-75)85-73)74-65(78)57-55-53-51-49-47-45-43-41-39-37-35-32-28-26-24-22-20-18-16-14-12-10-8-6-4-2/h54,56,61-64,66-73,75-77,79-83H,3-53,55,57-60H2,1-2H3,(H,74,78)/b56-54+. The number of allylic oxidation sites excluding steroid dienone is 1. The second kappa shape index (κ2) is 58.5. The predicted molar refractivity (Wildman–Crippen MR) is 355 cm³/mol. The lowest BCUT2D eigenvalue weighted by Crippen LogP contribution is -2.65. The minimum atomic E-state index is -1.79. The van der Waals surface area contributed by atoms with Gasteiger partial charge in [0.05, 0.1) is 32.0 Å². The summed E-state index contributed by atoms with van der Waals surface area (Å²) in [5.41, 5.74) is 0. The molecule has 1 amide bonds. The van der Waals surface area contributed by atoms with Gasteiger partial charge < -0.3 is 65.1 Å². The zero-order valence-electron chi connectivity index (χ0n) is 56.3. The summed E-state index contributed by atoms with van der Waals surface area (Å²) in [4.78, 5) is 13.4. The molecule has 2 heterocycles. The molecule has 0 radical (unpaired) electrons. The number of hydrogen-bond donors (Lipinski definition) is 9. The summed E-state index contributed by atoms with van der Waals surface area (Å²) in [5.74, 6) is -0.230. The molecule has 12 atom stereocenters. The average molecular weight is 1240 g/mol. The molecule has 0 aromatic rings. The molecule has 516 valence electrons. The summed E-state index contributed by atoms with van der Waals surface area (Å²) >= 11 is 0. The Bertz CT molecular complexity index is 1510. The van der Waals surface area contributed by atoms with E-state index in [2.05, 4.69) is 19.2 Å². The Morgan fingerprint density at radius 2 is 0.713 bits per heavy atom. The van der Waals surface area contributed by atoms with E-state index in [0.717, 1.165) is 44.9 Å². The van der Waals surface area contributed by atoms with Crippen molar-refractivity contribution in [2.75, 3.05) is 19.8 Å². The number of unbranched alkanes of at least 4 members (excludes halogenated alkanes) is 50. The molecule has 14 heteroatoms. The average Bonchev–Trinajstić information content (AvgIpc) is 2.50. The zero-order chi connectivity index (χ0) is 63.1. The summed E-state index contributed by atoms with van der Waals surface area (Å²) in [7, 11) is 0. The van der Waals surface area contributed by atoms with Gasteiger partial charge in [0.15, 0.2) is 12.6 Å². The highest BCUT2D eigenvalue weighted by Crippen LogP contribution is 2.30. The van der Waals surface area contributed by atoms with Crippen molar-refractivity contribution in [3.05, 3.63) is 12.2 Å². The van der Waals surface area contributed by atoms with E-state index in [0.29, 0.717) is 0 Å². The SMILES string of the molecule is CCCCCCCCCCCCCCCCCCCCCCCCCCCC/C=C/C(O)C(COC1OC(CO)C(OC2OC(CO)C(O)C(O)C2O)C(O)C1O)NC(=O)CCCCCCCCCCCCCCCCCCCCCCCCCCC. The molecule has 87 heavy (non-hydrogen) atoms. The minimum absolute atomic E-state index is 0.230. The van der Waals surface area contributed by atoms with E-state index in [1.807, 2.05) is 6.08 Å². The molecule has 9 N–H and O–H groups in total. The third-order valence-corrected chi connectivity index (χ3v) is 18.7. The highest BCUT2D eigenvalue weighted by Gasteiger charge is 2.51. The lowest BCUT2D eigenvalue weighted by molar-refractivity contribution is -0.359. The van der Waals surface area contributed by atoms with Crippen LogP contribution in [-0.4, -0.2) is 140 Å². The van der Waals surface area contributed by atoms with Gasteiger partial charge in [-0.3, -0.25) is 4.79 Å². The lowest BCUT2D eigenvalue weighted by Gasteiger charge is -2.46. The quantitative estimate of drug-likeness (QED) is 0.0204. The van der Waals surface area contributed by atoms with Crippen LogP contribution in [0.1, 0.15) is 354 Å². The number of nitrogens with one attached hydrogen (secondary N) is 1. The van der Waals surface area contributed by atoms with Gasteiger partial charge in [-0.15, -0.1) is 0 Å². The molecule has 0 saturated carbocycles. The molecule has 0 bridgehead atoms. The number of ether oxygens (including phenoxy) is 4. The van der Waals surface area contributed by atoms with Crippen molar-refractivity contribution in [3.8, 4) is 0 Å². The van der Waals surface area contributed by atoms with Crippen molar-refractivity contribution >= 4 is 5.91 Å². The minimum Gasteiger partial charge on any atom is -0.394 e. The molecule has 2 fully saturated rings. The molecule has 12 unspecified atom stereocenters. The van der Waals surface area contributed by atoms with Crippen LogP contribution in [0.4, 0.5) is 0 Å². The Hall–Kier alpha value is -1.27. The number of rotatable bonds is 63. The molecule has 0 aromatic carbocycles. The van der Waals surface area contributed by atoms with Gasteiger partial charge in [0.25, 0.3) is 0 Å². The second-order valence-corrected chi connectivity index (χ2v) is 26.8. The molecule has 2 aliphatic rings. The smallest absolute Gasteiger partial charge is 0.220 e. The van der Waals surface area contributed by atoms with Gasteiger partial charge in [-0.2, -0.15) is 0 Å². The largest absolute Gasteiger partial charge is 0.394 e. The van der Waals surface area contributed by atoms with Crippen molar-refractivity contribution in [3.63, 3.8) is 0 Å². The van der Waals surface area contributed by atoms with Crippen LogP contribution in [-0.2, 0) is 23.7 Å². The highest BCUT2D eigenvalue weighted by molar-refractivity contribution is 5.76. The fraction of sp³-hybridized carbons (Fsp3) is 0.959. The number of aliphatic hydroxyl groups excluding tert-OH is 8. The number of amides is 1. The maximum Gasteiger partial charge on any atom is 0.220 e. The Labute approximate surface area is 533 Å². The van der Waals surface area contributed by atoms with Gasteiger partial charge in [0.1, 0.15) is 48.8 Å².